The molecule has 2 N–H and O–H groups in total. The molecule has 0 aromatic heterocycles. The standard InChI is InChI=1S/C14H18N2O3/c1-9(2)6-15-14(19)16-7-11-4-3-10(13(17)18)5-12(11)8-16/h3-5,9H,6-8H2,1-2H3,(H,15,19)(H,17,18). The molecule has 102 valence electrons. The molecule has 5 heteroatoms. The van der Waals surface area contributed by atoms with Crippen molar-refractivity contribution in [1.82, 2.24) is 10.2 Å². The van der Waals surface area contributed by atoms with Gasteiger partial charge in [0.2, 0.25) is 0 Å². The molecule has 0 fully saturated rings. The van der Waals surface area contributed by atoms with Crippen LogP contribution in [0.2, 0.25) is 0 Å². The van der Waals surface area contributed by atoms with E-state index in [-0.39, 0.29) is 11.6 Å². The quantitative estimate of drug-likeness (QED) is 0.876. The van der Waals surface area contributed by atoms with E-state index in [1.54, 1.807) is 23.1 Å². The van der Waals surface area contributed by atoms with Gasteiger partial charge >= 0.3 is 12.0 Å². The maximum Gasteiger partial charge on any atom is 0.335 e. The van der Waals surface area contributed by atoms with E-state index in [0.29, 0.717) is 25.6 Å². The predicted molar refractivity (Wildman–Crippen MR) is 70.9 cm³/mol. The zero-order chi connectivity index (χ0) is 14.0. The fourth-order valence-electron chi connectivity index (χ4n) is 2.07. The molecule has 5 nitrogen and oxygen atoms in total. The van der Waals surface area contributed by atoms with Gasteiger partial charge in [-0.15, -0.1) is 0 Å². The van der Waals surface area contributed by atoms with Crippen LogP contribution in [0, 0.1) is 5.92 Å². The molecule has 2 amide bonds. The normalized spacial score (nSPS) is 13.5. The van der Waals surface area contributed by atoms with Gasteiger partial charge in [-0.2, -0.15) is 0 Å². The molecule has 1 aromatic rings. The minimum atomic E-state index is -0.939. The number of rotatable bonds is 3. The molecule has 0 radical (unpaired) electrons. The Morgan fingerprint density at radius 2 is 2.00 bits per heavy atom. The highest BCUT2D eigenvalue weighted by atomic mass is 16.4. The van der Waals surface area contributed by atoms with Gasteiger partial charge < -0.3 is 15.3 Å². The maximum absolute atomic E-state index is 11.9. The Balaban J connectivity index is 2.03. The van der Waals surface area contributed by atoms with E-state index >= 15 is 0 Å². The number of amides is 2. The van der Waals surface area contributed by atoms with Crippen LogP contribution in [0.3, 0.4) is 0 Å². The van der Waals surface area contributed by atoms with Gasteiger partial charge in [-0.05, 0) is 29.2 Å². The Labute approximate surface area is 112 Å². The number of carboxylic acids is 1. The summed E-state index contributed by atoms with van der Waals surface area (Å²) in [4.78, 5) is 24.5. The monoisotopic (exact) mass is 262 g/mol. The third-order valence-electron chi connectivity index (χ3n) is 3.12. The van der Waals surface area contributed by atoms with Crippen molar-refractivity contribution in [3.05, 3.63) is 34.9 Å². The van der Waals surface area contributed by atoms with Crippen molar-refractivity contribution in [2.24, 2.45) is 5.92 Å². The summed E-state index contributed by atoms with van der Waals surface area (Å²) in [5, 5.41) is 11.8. The summed E-state index contributed by atoms with van der Waals surface area (Å²) < 4.78 is 0. The molecule has 0 saturated carbocycles. The van der Waals surface area contributed by atoms with E-state index in [0.717, 1.165) is 11.1 Å². The van der Waals surface area contributed by atoms with Crippen LogP contribution in [0.25, 0.3) is 0 Å². The minimum Gasteiger partial charge on any atom is -0.478 e. The minimum absolute atomic E-state index is 0.0956. The Morgan fingerprint density at radius 1 is 1.32 bits per heavy atom. The summed E-state index contributed by atoms with van der Waals surface area (Å²) in [7, 11) is 0. The Bertz CT molecular complexity index is 511. The number of fused-ring (bicyclic) bond motifs is 1. The second kappa shape index (κ2) is 5.30. The second-order valence-electron chi connectivity index (χ2n) is 5.22. The Kier molecular flexibility index (Phi) is 3.74. The van der Waals surface area contributed by atoms with Crippen LogP contribution in [0.4, 0.5) is 4.79 Å². The number of hydrogen-bond donors (Lipinski definition) is 2. The third-order valence-corrected chi connectivity index (χ3v) is 3.12. The Hall–Kier alpha value is -2.04. The van der Waals surface area contributed by atoms with Crippen LogP contribution in [-0.2, 0) is 13.1 Å². The number of hydrogen-bond acceptors (Lipinski definition) is 2. The molecule has 2 rings (SSSR count). The van der Waals surface area contributed by atoms with E-state index in [1.165, 1.54) is 0 Å². The average Bonchev–Trinajstić information content (AvgIpc) is 2.78. The molecule has 0 atom stereocenters. The number of nitrogens with zero attached hydrogens (tertiary/aromatic N) is 1. The molecule has 1 aromatic carbocycles. The number of carbonyl (C=O) groups is 2. The maximum atomic E-state index is 11.9. The lowest BCUT2D eigenvalue weighted by Gasteiger charge is -2.17. The second-order valence-corrected chi connectivity index (χ2v) is 5.22. The van der Waals surface area contributed by atoms with Gasteiger partial charge in [0.15, 0.2) is 0 Å². The van der Waals surface area contributed by atoms with Crippen molar-refractivity contribution >= 4 is 12.0 Å². The van der Waals surface area contributed by atoms with Crippen LogP contribution in [-0.4, -0.2) is 28.6 Å². The van der Waals surface area contributed by atoms with Gasteiger partial charge in [-0.3, -0.25) is 0 Å². The number of urea groups is 1. The fraction of sp³-hybridized carbons (Fsp3) is 0.429. The largest absolute Gasteiger partial charge is 0.478 e. The molecule has 0 spiro atoms. The number of carbonyl (C=O) groups excluding carboxylic acids is 1. The highest BCUT2D eigenvalue weighted by Crippen LogP contribution is 2.23. The van der Waals surface area contributed by atoms with Crippen molar-refractivity contribution in [1.29, 1.82) is 0 Å². The van der Waals surface area contributed by atoms with Gasteiger partial charge in [0, 0.05) is 19.6 Å². The van der Waals surface area contributed by atoms with Gasteiger partial charge in [0.25, 0.3) is 0 Å². The average molecular weight is 262 g/mol. The number of benzene rings is 1. The molecule has 1 heterocycles. The molecule has 1 aliphatic heterocycles. The molecule has 1 aliphatic rings. The van der Waals surface area contributed by atoms with Crippen LogP contribution >= 0.6 is 0 Å². The van der Waals surface area contributed by atoms with Crippen molar-refractivity contribution in [3.8, 4) is 0 Å². The summed E-state index contributed by atoms with van der Waals surface area (Å²) in [6.07, 6.45) is 0. The highest BCUT2D eigenvalue weighted by molar-refractivity contribution is 5.88. The van der Waals surface area contributed by atoms with Crippen molar-refractivity contribution in [3.63, 3.8) is 0 Å². The van der Waals surface area contributed by atoms with Gasteiger partial charge in [-0.25, -0.2) is 9.59 Å². The third kappa shape index (κ3) is 3.05. The highest BCUT2D eigenvalue weighted by Gasteiger charge is 2.24. The first-order valence-corrected chi connectivity index (χ1v) is 6.35. The summed E-state index contributed by atoms with van der Waals surface area (Å²) in [5.74, 6) is -0.530. The molecule has 19 heavy (non-hydrogen) atoms. The van der Waals surface area contributed by atoms with E-state index in [2.05, 4.69) is 5.32 Å². The van der Waals surface area contributed by atoms with Crippen molar-refractivity contribution < 1.29 is 14.7 Å². The lowest BCUT2D eigenvalue weighted by atomic mass is 10.1. The zero-order valence-corrected chi connectivity index (χ0v) is 11.1. The van der Waals surface area contributed by atoms with Gasteiger partial charge in [0.1, 0.15) is 0 Å². The number of aromatic carboxylic acids is 1. The molecule has 0 unspecified atom stereocenters. The van der Waals surface area contributed by atoms with Crippen molar-refractivity contribution in [2.45, 2.75) is 26.9 Å². The van der Waals surface area contributed by atoms with E-state index in [9.17, 15) is 9.59 Å². The number of carboxylic acid groups (broad SMARTS) is 1. The van der Waals surface area contributed by atoms with Crippen molar-refractivity contribution in [2.75, 3.05) is 6.54 Å². The first-order valence-electron chi connectivity index (χ1n) is 6.35. The predicted octanol–water partition coefficient (Wildman–Crippen LogP) is 2.07. The van der Waals surface area contributed by atoms with Crippen LogP contribution in [0.15, 0.2) is 18.2 Å². The lowest BCUT2D eigenvalue weighted by Crippen LogP contribution is -2.38. The molecule has 0 saturated heterocycles. The van der Waals surface area contributed by atoms with Crippen LogP contribution in [0.1, 0.15) is 35.3 Å². The zero-order valence-electron chi connectivity index (χ0n) is 11.1. The fourth-order valence-corrected chi connectivity index (χ4v) is 2.07. The number of nitrogens with one attached hydrogen (secondary N) is 1. The van der Waals surface area contributed by atoms with Gasteiger partial charge in [0.05, 0.1) is 5.56 Å². The SMILES string of the molecule is CC(C)CNC(=O)N1Cc2ccc(C(=O)O)cc2C1. The molecular weight excluding hydrogens is 244 g/mol. The smallest absolute Gasteiger partial charge is 0.335 e. The summed E-state index contributed by atoms with van der Waals surface area (Å²) >= 11 is 0. The molecule has 0 aliphatic carbocycles. The molecular formula is C14H18N2O3. The lowest BCUT2D eigenvalue weighted by molar-refractivity contribution is 0.0696. The van der Waals surface area contributed by atoms with Crippen LogP contribution in [0.5, 0.6) is 0 Å². The molecule has 0 bridgehead atoms. The summed E-state index contributed by atoms with van der Waals surface area (Å²) in [6, 6.07) is 4.92. The van der Waals surface area contributed by atoms with Gasteiger partial charge in [-0.1, -0.05) is 19.9 Å². The van der Waals surface area contributed by atoms with E-state index in [1.807, 2.05) is 13.8 Å². The Morgan fingerprint density at radius 3 is 2.63 bits per heavy atom. The summed E-state index contributed by atoms with van der Waals surface area (Å²) in [6.45, 7) is 5.74. The first kappa shape index (κ1) is 13.4. The topological polar surface area (TPSA) is 69.6 Å². The van der Waals surface area contributed by atoms with Crippen LogP contribution < -0.4 is 5.32 Å². The first-order chi connectivity index (χ1) is 8.97. The van der Waals surface area contributed by atoms with E-state index in [4.69, 9.17) is 5.11 Å². The summed E-state index contributed by atoms with van der Waals surface area (Å²) in [5.41, 5.74) is 2.20. The van der Waals surface area contributed by atoms with E-state index < -0.39 is 5.97 Å².